The van der Waals surface area contributed by atoms with Crippen molar-refractivity contribution in [2.45, 2.75) is 6.54 Å². The Labute approximate surface area is 121 Å². The van der Waals surface area contributed by atoms with Gasteiger partial charge in [0.25, 0.3) is 5.91 Å². The lowest BCUT2D eigenvalue weighted by atomic mass is 10.2. The molecule has 2 aromatic rings. The van der Waals surface area contributed by atoms with Crippen molar-refractivity contribution in [3.8, 4) is 0 Å². The number of halogens is 1. The quantitative estimate of drug-likeness (QED) is 0.849. The molecule has 0 aliphatic rings. The lowest BCUT2D eigenvalue weighted by molar-refractivity contribution is 0.0976. The molecule has 2 N–H and O–H groups in total. The van der Waals surface area contributed by atoms with Crippen LogP contribution in [0, 0.1) is 5.82 Å². The highest BCUT2D eigenvalue weighted by molar-refractivity contribution is 7.80. The number of pyridine rings is 1. The van der Waals surface area contributed by atoms with Gasteiger partial charge >= 0.3 is 0 Å². The standard InChI is InChI=1S/C14H12FN3OS/c15-11-6-4-10(5-7-11)13(19)18-14(20)17-9-12-3-1-2-8-16-12/h1-8H,9H2,(H2,17,18,19,20). The van der Waals surface area contributed by atoms with Crippen molar-refractivity contribution in [1.82, 2.24) is 15.6 Å². The molecule has 1 heterocycles. The fourth-order valence-electron chi connectivity index (χ4n) is 1.49. The lowest BCUT2D eigenvalue weighted by Crippen LogP contribution is -2.38. The smallest absolute Gasteiger partial charge is 0.257 e. The molecule has 0 unspecified atom stereocenters. The van der Waals surface area contributed by atoms with Crippen LogP contribution in [0.2, 0.25) is 0 Å². The highest BCUT2D eigenvalue weighted by Crippen LogP contribution is 2.02. The van der Waals surface area contributed by atoms with E-state index < -0.39 is 5.82 Å². The SMILES string of the molecule is O=C(NC(=S)NCc1ccccn1)c1ccc(F)cc1. The van der Waals surface area contributed by atoms with Crippen molar-refractivity contribution in [3.63, 3.8) is 0 Å². The second kappa shape index (κ2) is 6.72. The largest absolute Gasteiger partial charge is 0.357 e. The number of amides is 1. The molecule has 0 saturated carbocycles. The molecular weight excluding hydrogens is 277 g/mol. The van der Waals surface area contributed by atoms with Gasteiger partial charge in [0.1, 0.15) is 5.82 Å². The first-order valence-electron chi connectivity index (χ1n) is 5.90. The van der Waals surface area contributed by atoms with Crippen LogP contribution in [-0.4, -0.2) is 16.0 Å². The Balaban J connectivity index is 1.85. The molecule has 1 aromatic carbocycles. The number of carbonyl (C=O) groups excluding carboxylic acids is 1. The zero-order valence-electron chi connectivity index (χ0n) is 10.5. The molecule has 1 amide bonds. The van der Waals surface area contributed by atoms with Crippen molar-refractivity contribution < 1.29 is 9.18 Å². The van der Waals surface area contributed by atoms with Crippen LogP contribution < -0.4 is 10.6 Å². The second-order valence-corrected chi connectivity index (χ2v) is 4.37. The predicted octanol–water partition coefficient (Wildman–Crippen LogP) is 2.03. The summed E-state index contributed by atoms with van der Waals surface area (Å²) in [5, 5.41) is 5.59. The summed E-state index contributed by atoms with van der Waals surface area (Å²) >= 11 is 5.01. The molecule has 1 aromatic heterocycles. The molecule has 0 spiro atoms. The van der Waals surface area contributed by atoms with Crippen LogP contribution in [0.15, 0.2) is 48.7 Å². The molecule has 20 heavy (non-hydrogen) atoms. The summed E-state index contributed by atoms with van der Waals surface area (Å²) in [7, 11) is 0. The van der Waals surface area contributed by atoms with Gasteiger partial charge < -0.3 is 5.32 Å². The average Bonchev–Trinajstić information content (AvgIpc) is 2.47. The molecule has 0 bridgehead atoms. The number of rotatable bonds is 3. The maximum absolute atomic E-state index is 12.7. The normalized spacial score (nSPS) is 9.85. The summed E-state index contributed by atoms with van der Waals surface area (Å²) in [6, 6.07) is 10.8. The molecule has 0 atom stereocenters. The molecule has 0 fully saturated rings. The van der Waals surface area contributed by atoms with Crippen LogP contribution in [0.3, 0.4) is 0 Å². The van der Waals surface area contributed by atoms with E-state index in [1.165, 1.54) is 24.3 Å². The maximum Gasteiger partial charge on any atom is 0.257 e. The molecule has 0 aliphatic heterocycles. The van der Waals surface area contributed by atoms with E-state index in [4.69, 9.17) is 12.2 Å². The van der Waals surface area contributed by atoms with Crippen LogP contribution >= 0.6 is 12.2 Å². The summed E-state index contributed by atoms with van der Waals surface area (Å²) in [6.45, 7) is 0.420. The van der Waals surface area contributed by atoms with Gasteiger partial charge in [-0.1, -0.05) is 6.07 Å². The van der Waals surface area contributed by atoms with Crippen LogP contribution in [0.4, 0.5) is 4.39 Å². The summed E-state index contributed by atoms with van der Waals surface area (Å²) in [4.78, 5) is 15.9. The number of thiocarbonyl (C=S) groups is 1. The van der Waals surface area contributed by atoms with Gasteiger partial charge in [-0.05, 0) is 48.6 Å². The number of nitrogens with one attached hydrogen (secondary N) is 2. The molecule has 0 saturated heterocycles. The maximum atomic E-state index is 12.7. The first-order chi connectivity index (χ1) is 9.65. The Morgan fingerprint density at radius 1 is 1.20 bits per heavy atom. The van der Waals surface area contributed by atoms with Crippen molar-refractivity contribution in [2.24, 2.45) is 0 Å². The first-order valence-corrected chi connectivity index (χ1v) is 6.30. The van der Waals surface area contributed by atoms with Gasteiger partial charge in [-0.25, -0.2) is 4.39 Å². The highest BCUT2D eigenvalue weighted by Gasteiger charge is 2.07. The van der Waals surface area contributed by atoms with E-state index in [0.717, 1.165) is 5.69 Å². The Morgan fingerprint density at radius 2 is 1.95 bits per heavy atom. The molecule has 0 aliphatic carbocycles. The van der Waals surface area contributed by atoms with Crippen molar-refractivity contribution in [2.75, 3.05) is 0 Å². The van der Waals surface area contributed by atoms with E-state index in [1.54, 1.807) is 6.20 Å². The molecule has 0 radical (unpaired) electrons. The van der Waals surface area contributed by atoms with Gasteiger partial charge in [0.05, 0.1) is 12.2 Å². The minimum Gasteiger partial charge on any atom is -0.357 e. The fraction of sp³-hybridized carbons (Fsp3) is 0.0714. The van der Waals surface area contributed by atoms with Crippen LogP contribution in [0.5, 0.6) is 0 Å². The third-order valence-electron chi connectivity index (χ3n) is 2.49. The van der Waals surface area contributed by atoms with Gasteiger partial charge in [0.15, 0.2) is 5.11 Å². The molecule has 6 heteroatoms. The van der Waals surface area contributed by atoms with Gasteiger partial charge in [-0.15, -0.1) is 0 Å². The molecule has 4 nitrogen and oxygen atoms in total. The van der Waals surface area contributed by atoms with Gasteiger partial charge in [-0.2, -0.15) is 0 Å². The zero-order chi connectivity index (χ0) is 14.4. The van der Waals surface area contributed by atoms with Crippen molar-refractivity contribution >= 4 is 23.2 Å². The van der Waals surface area contributed by atoms with E-state index in [1.807, 2.05) is 18.2 Å². The number of aromatic nitrogens is 1. The van der Waals surface area contributed by atoms with Crippen molar-refractivity contribution in [1.29, 1.82) is 0 Å². The summed E-state index contributed by atoms with van der Waals surface area (Å²) in [5.41, 5.74) is 1.15. The Hall–Kier alpha value is -2.34. The minimum absolute atomic E-state index is 0.199. The second-order valence-electron chi connectivity index (χ2n) is 3.96. The number of hydrogen-bond acceptors (Lipinski definition) is 3. The average molecular weight is 289 g/mol. The predicted molar refractivity (Wildman–Crippen MR) is 77.5 cm³/mol. The number of hydrogen-bond donors (Lipinski definition) is 2. The van der Waals surface area contributed by atoms with Gasteiger partial charge in [0, 0.05) is 11.8 Å². The number of benzene rings is 1. The Bertz CT molecular complexity index is 602. The molecular formula is C14H12FN3OS. The van der Waals surface area contributed by atoms with E-state index in [-0.39, 0.29) is 11.0 Å². The van der Waals surface area contributed by atoms with Gasteiger partial charge in [0.2, 0.25) is 0 Å². The highest BCUT2D eigenvalue weighted by atomic mass is 32.1. The Morgan fingerprint density at radius 3 is 2.60 bits per heavy atom. The van der Waals surface area contributed by atoms with Gasteiger partial charge in [-0.3, -0.25) is 15.1 Å². The molecule has 102 valence electrons. The molecule has 2 rings (SSSR count). The van der Waals surface area contributed by atoms with E-state index in [0.29, 0.717) is 12.1 Å². The topological polar surface area (TPSA) is 54.0 Å². The number of nitrogens with zero attached hydrogens (tertiary/aromatic N) is 1. The van der Waals surface area contributed by atoms with Crippen LogP contribution in [-0.2, 0) is 6.54 Å². The fourth-order valence-corrected chi connectivity index (χ4v) is 1.66. The van der Waals surface area contributed by atoms with Crippen molar-refractivity contribution in [3.05, 3.63) is 65.7 Å². The zero-order valence-corrected chi connectivity index (χ0v) is 11.3. The third kappa shape index (κ3) is 4.10. The summed E-state index contributed by atoms with van der Waals surface area (Å²) in [6.07, 6.45) is 1.68. The third-order valence-corrected chi connectivity index (χ3v) is 2.74. The lowest BCUT2D eigenvalue weighted by Gasteiger charge is -2.09. The van der Waals surface area contributed by atoms with E-state index in [9.17, 15) is 9.18 Å². The summed E-state index contributed by atoms with van der Waals surface area (Å²) < 4.78 is 12.7. The van der Waals surface area contributed by atoms with E-state index in [2.05, 4.69) is 15.6 Å². The Kier molecular flexibility index (Phi) is 4.73. The number of carbonyl (C=O) groups is 1. The van der Waals surface area contributed by atoms with Crippen LogP contribution in [0.25, 0.3) is 0 Å². The van der Waals surface area contributed by atoms with Crippen LogP contribution in [0.1, 0.15) is 16.1 Å². The summed E-state index contributed by atoms with van der Waals surface area (Å²) in [5.74, 6) is -0.777. The monoisotopic (exact) mass is 289 g/mol. The van der Waals surface area contributed by atoms with E-state index >= 15 is 0 Å². The minimum atomic E-state index is -0.391. The first kappa shape index (κ1) is 14.1.